The Morgan fingerprint density at radius 3 is 2.44 bits per heavy atom. The molecule has 2 N–H and O–H groups in total. The zero-order chi connectivity index (χ0) is 37.9. The van der Waals surface area contributed by atoms with Crippen LogP contribution >= 0.6 is 0 Å². The summed E-state index contributed by atoms with van der Waals surface area (Å²) in [7, 11) is 3.57. The predicted octanol–water partition coefficient (Wildman–Crippen LogP) is 4.57. The number of benzene rings is 1. The van der Waals surface area contributed by atoms with E-state index in [1.54, 1.807) is 25.2 Å². The van der Waals surface area contributed by atoms with Gasteiger partial charge in [-0.05, 0) is 81.1 Å². The third-order valence-corrected chi connectivity index (χ3v) is 11.8. The van der Waals surface area contributed by atoms with Crippen LogP contribution in [0.1, 0.15) is 79.4 Å². The van der Waals surface area contributed by atoms with E-state index in [2.05, 4.69) is 41.0 Å². The number of piperidine rings is 2. The molecule has 4 fully saturated rings. The molecule has 3 aliphatic heterocycles. The van der Waals surface area contributed by atoms with Crippen LogP contribution < -0.4 is 20.3 Å². The van der Waals surface area contributed by atoms with Gasteiger partial charge in [0.05, 0.1) is 17.8 Å². The standard InChI is InChI=1S/C41H52N10O4/c1-47(2)40(54)35-25-29-26-43-41(46-38(29)51(35)31-7-3-4-8-31)44-36-12-10-32(27-42-36)50-20-18-49(19-21-50)30-14-16-48(17-15-30)22-23-55-33-9-5-6-28(24-33)34-11-13-37(52)45-39(34)53/h5-6,9-10,12,24-27,30-31,34H,3-4,7-8,11,13-23H2,1-2H3,(H,45,52,53)(H,42,43,44,46). The van der Waals surface area contributed by atoms with Gasteiger partial charge >= 0.3 is 0 Å². The molecule has 3 aromatic heterocycles. The van der Waals surface area contributed by atoms with Crippen molar-refractivity contribution in [1.82, 2.24) is 39.5 Å². The minimum absolute atomic E-state index is 0.0183. The number of likely N-dealkylation sites (tertiary alicyclic amines) is 1. The van der Waals surface area contributed by atoms with Gasteiger partial charge in [-0.3, -0.25) is 29.5 Å². The molecule has 3 amide bonds. The predicted molar refractivity (Wildman–Crippen MR) is 211 cm³/mol. The number of imide groups is 1. The van der Waals surface area contributed by atoms with Crippen LogP contribution in [0.15, 0.2) is 54.9 Å². The van der Waals surface area contributed by atoms with Crippen LogP contribution in [0.4, 0.5) is 17.5 Å². The van der Waals surface area contributed by atoms with E-state index in [1.807, 2.05) is 42.6 Å². The molecule has 1 atom stereocenters. The minimum Gasteiger partial charge on any atom is -0.492 e. The number of hydrogen-bond acceptors (Lipinski definition) is 11. The first-order valence-corrected chi connectivity index (χ1v) is 19.9. The van der Waals surface area contributed by atoms with E-state index >= 15 is 0 Å². The Morgan fingerprint density at radius 1 is 0.909 bits per heavy atom. The van der Waals surface area contributed by atoms with E-state index in [-0.39, 0.29) is 29.7 Å². The third-order valence-electron chi connectivity index (χ3n) is 11.8. The number of anilines is 3. The van der Waals surface area contributed by atoms with Gasteiger partial charge in [-0.15, -0.1) is 0 Å². The number of fused-ring (bicyclic) bond motifs is 1. The molecule has 0 bridgehead atoms. The highest BCUT2D eigenvalue weighted by atomic mass is 16.5. The number of nitrogens with one attached hydrogen (secondary N) is 2. The maximum atomic E-state index is 13.1. The topological polar surface area (TPSA) is 141 Å². The highest BCUT2D eigenvalue weighted by molar-refractivity contribution is 6.01. The van der Waals surface area contributed by atoms with Crippen molar-refractivity contribution in [2.45, 2.75) is 69.4 Å². The second kappa shape index (κ2) is 16.3. The first-order chi connectivity index (χ1) is 26.8. The lowest BCUT2D eigenvalue weighted by atomic mass is 9.90. The average Bonchev–Trinajstić information content (AvgIpc) is 3.87. The normalized spacial score (nSPS) is 20.5. The fourth-order valence-corrected chi connectivity index (χ4v) is 8.73. The summed E-state index contributed by atoms with van der Waals surface area (Å²) >= 11 is 0. The Labute approximate surface area is 322 Å². The molecule has 290 valence electrons. The van der Waals surface area contributed by atoms with Crippen molar-refractivity contribution in [3.63, 3.8) is 0 Å². The molecule has 1 saturated carbocycles. The number of pyridine rings is 1. The molecule has 1 unspecified atom stereocenters. The second-order valence-corrected chi connectivity index (χ2v) is 15.6. The summed E-state index contributed by atoms with van der Waals surface area (Å²) in [6.07, 6.45) is 11.3. The quantitative estimate of drug-likeness (QED) is 0.209. The van der Waals surface area contributed by atoms with Gasteiger partial charge in [-0.2, -0.15) is 4.98 Å². The maximum absolute atomic E-state index is 13.1. The molecule has 3 saturated heterocycles. The number of nitrogens with zero attached hydrogens (tertiary/aromatic N) is 8. The monoisotopic (exact) mass is 748 g/mol. The second-order valence-electron chi connectivity index (χ2n) is 15.6. The number of amides is 3. The third kappa shape index (κ3) is 8.30. The SMILES string of the molecule is CN(C)C(=O)c1cc2cnc(Nc3ccc(N4CCN(C5CCN(CCOc6cccc(C7CCC(=O)NC7=O)c6)CC5)CC4)cn3)nc2n1C1CCCC1. The smallest absolute Gasteiger partial charge is 0.270 e. The van der Waals surface area contributed by atoms with E-state index in [4.69, 9.17) is 14.7 Å². The molecule has 4 aliphatic rings. The van der Waals surface area contributed by atoms with Gasteiger partial charge in [0.15, 0.2) is 0 Å². The Kier molecular flexibility index (Phi) is 11.0. The van der Waals surface area contributed by atoms with Crippen molar-refractivity contribution < 1.29 is 19.1 Å². The number of ether oxygens (including phenoxy) is 1. The van der Waals surface area contributed by atoms with E-state index in [1.165, 1.54) is 0 Å². The molecule has 14 nitrogen and oxygen atoms in total. The largest absolute Gasteiger partial charge is 0.492 e. The van der Waals surface area contributed by atoms with Crippen LogP contribution in [0, 0.1) is 0 Å². The number of carbonyl (C=O) groups is 3. The number of carbonyl (C=O) groups excluding carboxylic acids is 3. The van der Waals surface area contributed by atoms with E-state index in [0.29, 0.717) is 43.0 Å². The van der Waals surface area contributed by atoms with Crippen LogP contribution in [-0.4, -0.2) is 124 Å². The van der Waals surface area contributed by atoms with Gasteiger partial charge in [-0.1, -0.05) is 25.0 Å². The molecule has 0 spiro atoms. The molecule has 14 heteroatoms. The van der Waals surface area contributed by atoms with Crippen molar-refractivity contribution in [2.75, 3.05) is 76.7 Å². The molecule has 4 aromatic rings. The van der Waals surface area contributed by atoms with Crippen LogP contribution in [0.2, 0.25) is 0 Å². The van der Waals surface area contributed by atoms with Crippen molar-refractivity contribution in [1.29, 1.82) is 0 Å². The summed E-state index contributed by atoms with van der Waals surface area (Å²) in [5, 5.41) is 6.61. The molecule has 55 heavy (non-hydrogen) atoms. The first kappa shape index (κ1) is 36.9. The lowest BCUT2D eigenvalue weighted by molar-refractivity contribution is -0.134. The Morgan fingerprint density at radius 2 is 1.71 bits per heavy atom. The molecule has 1 aliphatic carbocycles. The van der Waals surface area contributed by atoms with Crippen LogP contribution in [0.3, 0.4) is 0 Å². The van der Waals surface area contributed by atoms with Crippen LogP contribution in [0.5, 0.6) is 5.75 Å². The van der Waals surface area contributed by atoms with Crippen LogP contribution in [-0.2, 0) is 9.59 Å². The maximum Gasteiger partial charge on any atom is 0.270 e. The molecule has 0 radical (unpaired) electrons. The summed E-state index contributed by atoms with van der Waals surface area (Å²) in [5.74, 6) is 1.18. The number of hydrogen-bond donors (Lipinski definition) is 2. The van der Waals surface area contributed by atoms with E-state index < -0.39 is 0 Å². The van der Waals surface area contributed by atoms with Crippen molar-refractivity contribution in [3.05, 3.63) is 66.1 Å². The molecule has 1 aromatic carbocycles. The number of piperazine rings is 1. The Bertz CT molecular complexity index is 1990. The van der Waals surface area contributed by atoms with Crippen molar-refractivity contribution in [3.8, 4) is 5.75 Å². The first-order valence-electron chi connectivity index (χ1n) is 19.9. The summed E-state index contributed by atoms with van der Waals surface area (Å²) in [4.78, 5) is 60.3. The van der Waals surface area contributed by atoms with Gasteiger partial charge in [0.1, 0.15) is 29.5 Å². The number of aromatic nitrogens is 4. The fraction of sp³-hybridized carbons (Fsp3) is 0.512. The van der Waals surface area contributed by atoms with Gasteiger partial charge in [0.2, 0.25) is 17.8 Å². The Hall–Kier alpha value is -5.08. The summed E-state index contributed by atoms with van der Waals surface area (Å²) in [6, 6.07) is 14.6. The highest BCUT2D eigenvalue weighted by Crippen LogP contribution is 2.35. The van der Waals surface area contributed by atoms with Crippen molar-refractivity contribution >= 4 is 46.2 Å². The number of rotatable bonds is 11. The van der Waals surface area contributed by atoms with Gasteiger partial charge in [0, 0.05) is 76.9 Å². The summed E-state index contributed by atoms with van der Waals surface area (Å²) in [6.45, 7) is 7.57. The Balaban J connectivity index is 0.790. The van der Waals surface area contributed by atoms with Gasteiger partial charge in [0.25, 0.3) is 5.91 Å². The van der Waals surface area contributed by atoms with Crippen LogP contribution in [0.25, 0.3) is 11.0 Å². The van der Waals surface area contributed by atoms with E-state index in [9.17, 15) is 14.4 Å². The fourth-order valence-electron chi connectivity index (χ4n) is 8.73. The lowest BCUT2D eigenvalue weighted by Gasteiger charge is -2.43. The highest BCUT2D eigenvalue weighted by Gasteiger charge is 2.30. The molecule has 8 rings (SSSR count). The van der Waals surface area contributed by atoms with Crippen molar-refractivity contribution in [2.24, 2.45) is 0 Å². The molecular weight excluding hydrogens is 697 g/mol. The zero-order valence-corrected chi connectivity index (χ0v) is 32.0. The average molecular weight is 749 g/mol. The molecular formula is C41H52N10O4. The van der Waals surface area contributed by atoms with E-state index in [0.717, 1.165) is 112 Å². The van der Waals surface area contributed by atoms with Gasteiger partial charge in [-0.25, -0.2) is 9.97 Å². The summed E-state index contributed by atoms with van der Waals surface area (Å²) < 4.78 is 8.23. The molecule has 6 heterocycles. The lowest BCUT2D eigenvalue weighted by Crippen LogP contribution is -2.53. The van der Waals surface area contributed by atoms with Gasteiger partial charge < -0.3 is 24.4 Å². The minimum atomic E-state index is -0.303. The summed E-state index contributed by atoms with van der Waals surface area (Å²) in [5.41, 5.74) is 3.46. The zero-order valence-electron chi connectivity index (χ0n) is 32.0.